The Morgan fingerprint density at radius 2 is 1.29 bits per heavy atom. The molecular weight excluding hydrogens is 520 g/mol. The maximum Gasteiger partial charge on any atom is 0.343 e. The first-order chi connectivity index (χ1) is 19.8. The third-order valence-corrected chi connectivity index (χ3v) is 6.31. The Labute approximate surface area is 242 Å². The lowest BCUT2D eigenvalue weighted by molar-refractivity contribution is -0.139. The van der Waals surface area contributed by atoms with Gasteiger partial charge in [0, 0.05) is 5.57 Å². The molecule has 1 atom stereocenters. The van der Waals surface area contributed by atoms with Crippen molar-refractivity contribution in [3.05, 3.63) is 96.1 Å². The molecule has 0 amide bonds. The summed E-state index contributed by atoms with van der Waals surface area (Å²) >= 11 is 0. The summed E-state index contributed by atoms with van der Waals surface area (Å²) < 4.78 is 21.6. The second-order valence-corrected chi connectivity index (χ2v) is 9.85. The molecule has 0 bridgehead atoms. The van der Waals surface area contributed by atoms with Crippen LogP contribution in [0.2, 0.25) is 0 Å². The Hall–Kier alpha value is -4.39. The predicted octanol–water partition coefficient (Wildman–Crippen LogP) is 7.59. The van der Waals surface area contributed by atoms with Gasteiger partial charge in [0.15, 0.2) is 0 Å². The van der Waals surface area contributed by atoms with Crippen LogP contribution in [0.3, 0.4) is 0 Å². The van der Waals surface area contributed by atoms with E-state index in [1.54, 1.807) is 55.5 Å². The average Bonchev–Trinajstić information content (AvgIpc) is 2.98. The molecular formula is C34H38O7. The molecule has 0 saturated carbocycles. The summed E-state index contributed by atoms with van der Waals surface area (Å²) in [6, 6.07) is 20.9. The molecule has 7 heteroatoms. The summed E-state index contributed by atoms with van der Waals surface area (Å²) in [6.45, 7) is 9.48. The Balaban J connectivity index is 1.47. The van der Waals surface area contributed by atoms with Crippen LogP contribution in [0.4, 0.5) is 0 Å². The van der Waals surface area contributed by atoms with Crippen molar-refractivity contribution >= 4 is 17.9 Å². The largest absolute Gasteiger partial charge is 0.490 e. The SMILES string of the molecule is C=C(C)C(=O)OCCOc1ccc(C(=O)Oc2ccc(-c3ccc(C(=O)O[C@H](C)CCCCCC)cc3)cc2)cc1. The summed E-state index contributed by atoms with van der Waals surface area (Å²) in [5.74, 6) is -0.333. The fourth-order valence-electron chi connectivity index (χ4n) is 3.95. The van der Waals surface area contributed by atoms with Crippen molar-refractivity contribution in [2.75, 3.05) is 13.2 Å². The molecule has 0 spiro atoms. The van der Waals surface area contributed by atoms with E-state index in [-0.39, 0.29) is 25.3 Å². The van der Waals surface area contributed by atoms with Crippen LogP contribution in [0.15, 0.2) is 84.9 Å². The number of ether oxygens (including phenoxy) is 4. The van der Waals surface area contributed by atoms with Crippen LogP contribution in [-0.4, -0.2) is 37.2 Å². The van der Waals surface area contributed by atoms with Crippen LogP contribution in [0.1, 0.15) is 73.6 Å². The fraction of sp³-hybridized carbons (Fsp3) is 0.324. The van der Waals surface area contributed by atoms with Gasteiger partial charge in [-0.15, -0.1) is 0 Å². The second kappa shape index (κ2) is 16.0. The predicted molar refractivity (Wildman–Crippen MR) is 158 cm³/mol. The minimum Gasteiger partial charge on any atom is -0.490 e. The highest BCUT2D eigenvalue weighted by atomic mass is 16.6. The van der Waals surface area contributed by atoms with Crippen LogP contribution >= 0.6 is 0 Å². The minimum atomic E-state index is -0.498. The molecule has 0 unspecified atom stereocenters. The first kappa shape index (κ1) is 31.1. The molecule has 0 radical (unpaired) electrons. The summed E-state index contributed by atoms with van der Waals surface area (Å²) in [4.78, 5) is 36.4. The number of carbonyl (C=O) groups excluding carboxylic acids is 3. The highest BCUT2D eigenvalue weighted by Gasteiger charge is 2.13. The maximum atomic E-state index is 12.6. The van der Waals surface area contributed by atoms with E-state index in [4.69, 9.17) is 18.9 Å². The van der Waals surface area contributed by atoms with Gasteiger partial charge in [0.2, 0.25) is 0 Å². The van der Waals surface area contributed by atoms with E-state index in [1.165, 1.54) is 12.8 Å². The van der Waals surface area contributed by atoms with E-state index in [0.29, 0.717) is 28.2 Å². The van der Waals surface area contributed by atoms with Gasteiger partial charge >= 0.3 is 17.9 Å². The van der Waals surface area contributed by atoms with Crippen LogP contribution < -0.4 is 9.47 Å². The summed E-state index contributed by atoms with van der Waals surface area (Å²) in [5.41, 5.74) is 3.06. The van der Waals surface area contributed by atoms with Gasteiger partial charge in [-0.2, -0.15) is 0 Å². The molecule has 0 N–H and O–H groups in total. The van der Waals surface area contributed by atoms with Crippen molar-refractivity contribution in [1.29, 1.82) is 0 Å². The van der Waals surface area contributed by atoms with Gasteiger partial charge in [0.1, 0.15) is 24.7 Å². The second-order valence-electron chi connectivity index (χ2n) is 9.85. The molecule has 0 aliphatic rings. The number of rotatable bonds is 15. The normalized spacial score (nSPS) is 11.3. The Bertz CT molecular complexity index is 1290. The highest BCUT2D eigenvalue weighted by Crippen LogP contribution is 2.24. The Morgan fingerprint density at radius 1 is 0.732 bits per heavy atom. The lowest BCUT2D eigenvalue weighted by atomic mass is 10.0. The molecule has 0 aliphatic carbocycles. The molecule has 0 aromatic heterocycles. The molecule has 3 aromatic carbocycles. The lowest BCUT2D eigenvalue weighted by Gasteiger charge is -2.13. The number of benzene rings is 3. The van der Waals surface area contributed by atoms with Crippen molar-refractivity contribution < 1.29 is 33.3 Å². The average molecular weight is 559 g/mol. The van der Waals surface area contributed by atoms with Gasteiger partial charge in [-0.25, -0.2) is 14.4 Å². The van der Waals surface area contributed by atoms with Crippen LogP contribution in [-0.2, 0) is 14.3 Å². The quantitative estimate of drug-likeness (QED) is 0.0822. The third kappa shape index (κ3) is 10.3. The van der Waals surface area contributed by atoms with Gasteiger partial charge in [-0.1, -0.05) is 57.0 Å². The molecule has 3 aromatic rings. The van der Waals surface area contributed by atoms with Gasteiger partial charge in [0.05, 0.1) is 17.2 Å². The van der Waals surface area contributed by atoms with Gasteiger partial charge in [0.25, 0.3) is 0 Å². The topological polar surface area (TPSA) is 88.1 Å². The first-order valence-electron chi connectivity index (χ1n) is 14.0. The van der Waals surface area contributed by atoms with E-state index in [0.717, 1.165) is 30.4 Å². The molecule has 0 heterocycles. The van der Waals surface area contributed by atoms with Crippen molar-refractivity contribution in [1.82, 2.24) is 0 Å². The molecule has 0 fully saturated rings. The smallest absolute Gasteiger partial charge is 0.343 e. The van der Waals surface area contributed by atoms with Crippen LogP contribution in [0, 0.1) is 0 Å². The fourth-order valence-corrected chi connectivity index (χ4v) is 3.95. The lowest BCUT2D eigenvalue weighted by Crippen LogP contribution is -2.15. The number of esters is 3. The number of carbonyl (C=O) groups is 3. The van der Waals surface area contributed by atoms with Gasteiger partial charge in [-0.05, 0) is 86.3 Å². The Morgan fingerprint density at radius 3 is 1.90 bits per heavy atom. The van der Waals surface area contributed by atoms with E-state index >= 15 is 0 Å². The van der Waals surface area contributed by atoms with Crippen molar-refractivity contribution in [3.63, 3.8) is 0 Å². The first-order valence-corrected chi connectivity index (χ1v) is 14.0. The number of hydrogen-bond acceptors (Lipinski definition) is 7. The van der Waals surface area contributed by atoms with E-state index < -0.39 is 11.9 Å². The van der Waals surface area contributed by atoms with Crippen molar-refractivity contribution in [3.8, 4) is 22.6 Å². The molecule has 7 nitrogen and oxygen atoms in total. The van der Waals surface area contributed by atoms with Crippen molar-refractivity contribution in [2.45, 2.75) is 59.0 Å². The Kier molecular flexibility index (Phi) is 12.2. The number of unbranched alkanes of at least 4 members (excludes halogenated alkanes) is 3. The maximum absolute atomic E-state index is 12.6. The molecule has 0 saturated heterocycles. The molecule has 41 heavy (non-hydrogen) atoms. The van der Waals surface area contributed by atoms with Crippen LogP contribution in [0.25, 0.3) is 11.1 Å². The standard InChI is InChI=1S/C34H38O7/c1-5-6-7-8-9-25(4)40-33(36)28-12-10-26(11-13-28)27-14-20-31(21-15-27)41-34(37)29-16-18-30(19-17-29)38-22-23-39-32(35)24(2)3/h10-21,25H,2,5-9,22-23H2,1,3-4H3/t25-/m1/s1. The van der Waals surface area contributed by atoms with Gasteiger partial charge < -0.3 is 18.9 Å². The monoisotopic (exact) mass is 558 g/mol. The highest BCUT2D eigenvalue weighted by molar-refractivity contribution is 5.91. The summed E-state index contributed by atoms with van der Waals surface area (Å²) in [6.07, 6.45) is 5.37. The van der Waals surface area contributed by atoms with E-state index in [9.17, 15) is 14.4 Å². The summed E-state index contributed by atoms with van der Waals surface area (Å²) in [7, 11) is 0. The van der Waals surface area contributed by atoms with Crippen molar-refractivity contribution in [2.24, 2.45) is 0 Å². The third-order valence-electron chi connectivity index (χ3n) is 6.31. The zero-order chi connectivity index (χ0) is 29.6. The van der Waals surface area contributed by atoms with Crippen LogP contribution in [0.5, 0.6) is 11.5 Å². The van der Waals surface area contributed by atoms with E-state index in [2.05, 4.69) is 13.5 Å². The molecule has 0 aliphatic heterocycles. The number of hydrogen-bond donors (Lipinski definition) is 0. The zero-order valence-electron chi connectivity index (χ0n) is 24.0. The zero-order valence-corrected chi connectivity index (χ0v) is 24.0. The summed E-state index contributed by atoms with van der Waals surface area (Å²) in [5, 5.41) is 0. The van der Waals surface area contributed by atoms with E-state index in [1.807, 2.05) is 31.2 Å². The molecule has 3 rings (SSSR count). The minimum absolute atomic E-state index is 0.0979. The van der Waals surface area contributed by atoms with Gasteiger partial charge in [-0.3, -0.25) is 0 Å². The molecule has 216 valence electrons.